The molecule has 26 heavy (non-hydrogen) atoms. The SMILES string of the molecule is CNC1Sc2c(c(=O)ccn2Cc2ccccc2-c2ccccc2)N1C. The molecule has 4 rings (SSSR count). The van der Waals surface area contributed by atoms with E-state index in [0.29, 0.717) is 0 Å². The molecule has 0 spiro atoms. The first kappa shape index (κ1) is 16.9. The third kappa shape index (κ3) is 2.93. The molecule has 3 aromatic rings. The lowest BCUT2D eigenvalue weighted by Gasteiger charge is -2.19. The van der Waals surface area contributed by atoms with Crippen LogP contribution in [0.25, 0.3) is 11.1 Å². The molecule has 0 aliphatic carbocycles. The summed E-state index contributed by atoms with van der Waals surface area (Å²) in [4.78, 5) is 14.4. The van der Waals surface area contributed by atoms with Gasteiger partial charge in [0.05, 0.1) is 0 Å². The van der Waals surface area contributed by atoms with Gasteiger partial charge in [0.15, 0.2) is 0 Å². The van der Waals surface area contributed by atoms with Gasteiger partial charge in [0.2, 0.25) is 5.43 Å². The van der Waals surface area contributed by atoms with E-state index in [0.717, 1.165) is 17.3 Å². The summed E-state index contributed by atoms with van der Waals surface area (Å²) in [5, 5.41) is 4.27. The van der Waals surface area contributed by atoms with Crippen LogP contribution < -0.4 is 15.6 Å². The van der Waals surface area contributed by atoms with Crippen LogP contribution in [0.1, 0.15) is 5.56 Å². The molecule has 0 bridgehead atoms. The Morgan fingerprint density at radius 2 is 1.77 bits per heavy atom. The van der Waals surface area contributed by atoms with Crippen molar-refractivity contribution in [1.82, 2.24) is 9.88 Å². The number of hydrogen-bond acceptors (Lipinski definition) is 4. The number of aromatic nitrogens is 1. The van der Waals surface area contributed by atoms with E-state index >= 15 is 0 Å². The summed E-state index contributed by atoms with van der Waals surface area (Å²) in [6.07, 6.45) is 1.90. The molecular weight excluding hydrogens is 342 g/mol. The molecule has 5 heteroatoms. The molecule has 1 atom stereocenters. The van der Waals surface area contributed by atoms with Gasteiger partial charge in [-0.1, -0.05) is 66.4 Å². The first-order chi connectivity index (χ1) is 12.7. The summed E-state index contributed by atoms with van der Waals surface area (Å²) in [6, 6.07) is 20.5. The van der Waals surface area contributed by atoms with Crippen LogP contribution in [0.5, 0.6) is 0 Å². The van der Waals surface area contributed by atoms with Crippen LogP contribution in [-0.4, -0.2) is 24.2 Å². The van der Waals surface area contributed by atoms with Crippen LogP contribution in [0.15, 0.2) is 76.7 Å². The summed E-state index contributed by atoms with van der Waals surface area (Å²) in [5.41, 5.74) is 4.59. The Kier molecular flexibility index (Phi) is 4.57. The minimum absolute atomic E-state index is 0.0698. The van der Waals surface area contributed by atoms with E-state index in [9.17, 15) is 4.79 Å². The number of nitrogens with zero attached hydrogens (tertiary/aromatic N) is 2. The molecule has 1 aliphatic heterocycles. The predicted octanol–water partition coefficient (Wildman–Crippen LogP) is 3.61. The summed E-state index contributed by atoms with van der Waals surface area (Å²) < 4.78 is 2.18. The number of fused-ring (bicyclic) bond motifs is 1. The maximum absolute atomic E-state index is 12.4. The van der Waals surface area contributed by atoms with Crippen molar-refractivity contribution >= 4 is 17.4 Å². The largest absolute Gasteiger partial charge is 0.345 e. The summed E-state index contributed by atoms with van der Waals surface area (Å²) in [7, 11) is 3.88. The number of rotatable bonds is 4. The van der Waals surface area contributed by atoms with E-state index in [4.69, 9.17) is 0 Å². The first-order valence-corrected chi connectivity index (χ1v) is 9.50. The Morgan fingerprint density at radius 3 is 2.54 bits per heavy atom. The van der Waals surface area contributed by atoms with Gasteiger partial charge in [0.25, 0.3) is 0 Å². The van der Waals surface area contributed by atoms with Crippen molar-refractivity contribution in [3.8, 4) is 11.1 Å². The fourth-order valence-corrected chi connectivity index (χ4v) is 4.62. The molecule has 0 saturated carbocycles. The maximum atomic E-state index is 12.4. The van der Waals surface area contributed by atoms with Crippen LogP contribution in [0.4, 0.5) is 5.69 Å². The zero-order valence-electron chi connectivity index (χ0n) is 14.8. The summed E-state index contributed by atoms with van der Waals surface area (Å²) >= 11 is 1.68. The molecule has 0 fully saturated rings. The van der Waals surface area contributed by atoms with Crippen molar-refractivity contribution in [1.29, 1.82) is 0 Å². The highest BCUT2D eigenvalue weighted by Crippen LogP contribution is 2.39. The van der Waals surface area contributed by atoms with Crippen LogP contribution in [0.3, 0.4) is 0 Å². The first-order valence-electron chi connectivity index (χ1n) is 8.62. The molecule has 0 saturated heterocycles. The number of pyridine rings is 1. The maximum Gasteiger partial charge on any atom is 0.206 e. The van der Waals surface area contributed by atoms with Crippen LogP contribution in [0, 0.1) is 0 Å². The third-order valence-electron chi connectivity index (χ3n) is 4.72. The quantitative estimate of drug-likeness (QED) is 0.768. The number of nitrogens with one attached hydrogen (secondary N) is 1. The van der Waals surface area contributed by atoms with Gasteiger partial charge in [0.1, 0.15) is 16.2 Å². The second-order valence-electron chi connectivity index (χ2n) is 6.35. The number of anilines is 1. The topological polar surface area (TPSA) is 37.3 Å². The Hall–Kier alpha value is -2.50. The smallest absolute Gasteiger partial charge is 0.206 e. The van der Waals surface area contributed by atoms with Crippen molar-refractivity contribution in [3.63, 3.8) is 0 Å². The molecule has 0 amide bonds. The van der Waals surface area contributed by atoms with E-state index in [1.54, 1.807) is 17.8 Å². The van der Waals surface area contributed by atoms with Gasteiger partial charge in [-0.3, -0.25) is 10.1 Å². The fraction of sp³-hybridized carbons (Fsp3) is 0.190. The molecule has 1 aromatic heterocycles. The summed E-state index contributed by atoms with van der Waals surface area (Å²) in [6.45, 7) is 0.727. The Balaban J connectivity index is 1.76. The zero-order chi connectivity index (χ0) is 18.1. The highest BCUT2D eigenvalue weighted by atomic mass is 32.2. The molecule has 2 aromatic carbocycles. The molecule has 1 unspecified atom stereocenters. The molecule has 0 radical (unpaired) electrons. The molecule has 4 nitrogen and oxygen atoms in total. The van der Waals surface area contributed by atoms with Crippen molar-refractivity contribution in [2.75, 3.05) is 19.0 Å². The second kappa shape index (κ2) is 7.02. The molecular formula is C21H21N3OS. The van der Waals surface area contributed by atoms with Crippen molar-refractivity contribution in [3.05, 3.63) is 82.6 Å². The van der Waals surface area contributed by atoms with Gasteiger partial charge in [0, 0.05) is 25.9 Å². The van der Waals surface area contributed by atoms with E-state index in [1.807, 2.05) is 31.3 Å². The molecule has 2 heterocycles. The van der Waals surface area contributed by atoms with Crippen LogP contribution >= 0.6 is 11.8 Å². The molecule has 132 valence electrons. The zero-order valence-corrected chi connectivity index (χ0v) is 15.7. The standard InChI is InChI=1S/C21H21N3OS/c1-22-21-23(2)19-18(25)12-13-24(20(19)26-21)14-16-10-6-7-11-17(16)15-8-4-3-5-9-15/h3-13,21-22H,14H2,1-2H3. The molecule has 1 N–H and O–H groups in total. The number of benzene rings is 2. The number of thioether (sulfide) groups is 1. The average molecular weight is 363 g/mol. The highest BCUT2D eigenvalue weighted by molar-refractivity contribution is 8.00. The van der Waals surface area contributed by atoms with E-state index in [2.05, 4.69) is 58.4 Å². The van der Waals surface area contributed by atoms with Gasteiger partial charge in [-0.05, 0) is 23.7 Å². The summed E-state index contributed by atoms with van der Waals surface area (Å²) in [5.74, 6) is 0. The Morgan fingerprint density at radius 1 is 1.04 bits per heavy atom. The average Bonchev–Trinajstić information content (AvgIpc) is 3.03. The Bertz CT molecular complexity index is 984. The van der Waals surface area contributed by atoms with E-state index in [1.165, 1.54) is 16.7 Å². The minimum Gasteiger partial charge on any atom is -0.345 e. The van der Waals surface area contributed by atoms with Crippen LogP contribution in [-0.2, 0) is 6.54 Å². The fourth-order valence-electron chi connectivity index (χ4n) is 3.41. The van der Waals surface area contributed by atoms with Gasteiger partial charge in [-0.2, -0.15) is 0 Å². The van der Waals surface area contributed by atoms with Gasteiger partial charge >= 0.3 is 0 Å². The van der Waals surface area contributed by atoms with E-state index < -0.39 is 0 Å². The second-order valence-corrected chi connectivity index (χ2v) is 7.42. The van der Waals surface area contributed by atoms with Gasteiger partial charge < -0.3 is 9.47 Å². The van der Waals surface area contributed by atoms with E-state index in [-0.39, 0.29) is 10.9 Å². The number of hydrogen-bond donors (Lipinski definition) is 1. The van der Waals surface area contributed by atoms with Crippen molar-refractivity contribution in [2.24, 2.45) is 0 Å². The van der Waals surface area contributed by atoms with Gasteiger partial charge in [-0.15, -0.1) is 0 Å². The molecule has 1 aliphatic rings. The van der Waals surface area contributed by atoms with Gasteiger partial charge in [-0.25, -0.2) is 0 Å². The van der Waals surface area contributed by atoms with Crippen LogP contribution in [0.2, 0.25) is 0 Å². The van der Waals surface area contributed by atoms with Crippen molar-refractivity contribution < 1.29 is 0 Å². The predicted molar refractivity (Wildman–Crippen MR) is 109 cm³/mol. The lowest BCUT2D eigenvalue weighted by molar-refractivity contribution is 0.706. The monoisotopic (exact) mass is 363 g/mol. The minimum atomic E-state index is 0.0698. The lowest BCUT2D eigenvalue weighted by atomic mass is 10.00. The third-order valence-corrected chi connectivity index (χ3v) is 6.15. The Labute approximate surface area is 157 Å². The lowest BCUT2D eigenvalue weighted by Crippen LogP contribution is -2.37. The van der Waals surface area contributed by atoms with Crippen molar-refractivity contribution in [2.45, 2.75) is 17.1 Å². The normalized spacial score (nSPS) is 15.9. The highest BCUT2D eigenvalue weighted by Gasteiger charge is 2.30.